The zero-order valence-electron chi connectivity index (χ0n) is 12.1. The first-order valence-electron chi connectivity index (χ1n) is 7.46. The van der Waals surface area contributed by atoms with Gasteiger partial charge in [0.15, 0.2) is 0 Å². The van der Waals surface area contributed by atoms with E-state index in [0.29, 0.717) is 17.6 Å². The fourth-order valence-corrected chi connectivity index (χ4v) is 2.64. The average molecular weight is 259 g/mol. The van der Waals surface area contributed by atoms with E-state index in [2.05, 4.69) is 43.4 Å². The highest BCUT2D eigenvalue weighted by Crippen LogP contribution is 2.20. The average Bonchev–Trinajstić information content (AvgIpc) is 2.41. The van der Waals surface area contributed by atoms with Crippen molar-refractivity contribution in [2.24, 2.45) is 5.92 Å². The van der Waals surface area contributed by atoms with Crippen molar-refractivity contribution in [3.63, 3.8) is 0 Å². The third-order valence-corrected chi connectivity index (χ3v) is 4.07. The number of rotatable bonds is 5. The molecule has 0 bridgehead atoms. The first-order chi connectivity index (χ1) is 9.15. The third kappa shape index (κ3) is 4.46. The topological polar surface area (TPSA) is 29.1 Å². The lowest BCUT2D eigenvalue weighted by atomic mass is 9.88. The van der Waals surface area contributed by atoms with Crippen LogP contribution >= 0.6 is 0 Å². The Bertz CT molecular complexity index is 398. The number of hydrogen-bond donors (Lipinski definition) is 1. The Morgan fingerprint density at radius 1 is 1.16 bits per heavy atom. The van der Waals surface area contributed by atoms with Gasteiger partial charge in [-0.25, -0.2) is 0 Å². The smallest absolute Gasteiger partial charge is 0.132 e. The molecule has 0 heterocycles. The number of nitrogens with one attached hydrogen (secondary N) is 1. The van der Waals surface area contributed by atoms with Crippen molar-refractivity contribution in [1.29, 1.82) is 0 Å². The van der Waals surface area contributed by atoms with Crippen LogP contribution in [0, 0.1) is 5.92 Å². The van der Waals surface area contributed by atoms with Crippen LogP contribution in [0.15, 0.2) is 24.3 Å². The van der Waals surface area contributed by atoms with E-state index in [1.807, 2.05) is 0 Å². The van der Waals surface area contributed by atoms with Gasteiger partial charge in [0.2, 0.25) is 0 Å². The van der Waals surface area contributed by atoms with E-state index >= 15 is 0 Å². The van der Waals surface area contributed by atoms with Crippen molar-refractivity contribution in [2.75, 3.05) is 6.54 Å². The fourth-order valence-electron chi connectivity index (χ4n) is 2.64. The molecule has 1 aliphatic rings. The second-order valence-electron chi connectivity index (χ2n) is 6.01. The number of benzene rings is 1. The van der Waals surface area contributed by atoms with Gasteiger partial charge >= 0.3 is 0 Å². The Hall–Kier alpha value is -1.15. The first-order valence-corrected chi connectivity index (χ1v) is 7.46. The Kier molecular flexibility index (Phi) is 5.15. The molecule has 1 N–H and O–H groups in total. The molecule has 1 aliphatic carbocycles. The van der Waals surface area contributed by atoms with Crippen LogP contribution < -0.4 is 5.32 Å². The molecule has 2 nitrogen and oxygen atoms in total. The summed E-state index contributed by atoms with van der Waals surface area (Å²) in [6.45, 7) is 6.41. The van der Waals surface area contributed by atoms with E-state index in [4.69, 9.17) is 0 Å². The normalized spacial score (nSPS) is 17.1. The van der Waals surface area contributed by atoms with E-state index < -0.39 is 0 Å². The quantitative estimate of drug-likeness (QED) is 0.874. The second kappa shape index (κ2) is 6.85. The van der Waals surface area contributed by atoms with Crippen molar-refractivity contribution in [2.45, 2.75) is 52.0 Å². The van der Waals surface area contributed by atoms with E-state index in [1.54, 1.807) is 0 Å². The summed E-state index contributed by atoms with van der Waals surface area (Å²) in [5.41, 5.74) is 2.74. The number of Topliss-reactive ketones (excluding diaryl/α,β-unsaturated/α-hetero) is 1. The molecule has 1 fully saturated rings. The van der Waals surface area contributed by atoms with Gasteiger partial charge in [0.25, 0.3) is 0 Å². The van der Waals surface area contributed by atoms with Gasteiger partial charge in [0.1, 0.15) is 5.78 Å². The molecule has 19 heavy (non-hydrogen) atoms. The second-order valence-corrected chi connectivity index (χ2v) is 6.01. The minimum Gasteiger partial charge on any atom is -0.312 e. The van der Waals surface area contributed by atoms with E-state index in [-0.39, 0.29) is 0 Å². The number of hydrogen-bond acceptors (Lipinski definition) is 2. The Morgan fingerprint density at radius 3 is 2.37 bits per heavy atom. The van der Waals surface area contributed by atoms with Gasteiger partial charge in [-0.05, 0) is 42.3 Å². The minimum absolute atomic E-state index is 0.445. The van der Waals surface area contributed by atoms with E-state index in [1.165, 1.54) is 11.1 Å². The molecule has 0 spiro atoms. The van der Waals surface area contributed by atoms with Gasteiger partial charge in [0, 0.05) is 19.4 Å². The van der Waals surface area contributed by atoms with Gasteiger partial charge < -0.3 is 5.32 Å². The maximum atomic E-state index is 11.2. The monoisotopic (exact) mass is 259 g/mol. The summed E-state index contributed by atoms with van der Waals surface area (Å²) in [5.74, 6) is 1.73. The van der Waals surface area contributed by atoms with Crippen LogP contribution in [0.25, 0.3) is 0 Å². The van der Waals surface area contributed by atoms with Crippen LogP contribution in [0.2, 0.25) is 0 Å². The predicted molar refractivity (Wildman–Crippen MR) is 79.2 cm³/mol. The largest absolute Gasteiger partial charge is 0.312 e. The molecule has 2 heteroatoms. The molecule has 0 aromatic heterocycles. The molecular formula is C17H25NO. The lowest BCUT2D eigenvalue weighted by molar-refractivity contribution is -0.120. The maximum Gasteiger partial charge on any atom is 0.132 e. The fraction of sp³-hybridized carbons (Fsp3) is 0.588. The highest BCUT2D eigenvalue weighted by atomic mass is 16.1. The SMILES string of the molecule is CC(C)c1ccc(CNCC2CCC(=O)CC2)cc1. The Morgan fingerprint density at radius 2 is 1.79 bits per heavy atom. The standard InChI is InChI=1S/C17H25NO/c1-13(2)16-7-3-14(4-8-16)11-18-12-15-5-9-17(19)10-6-15/h3-4,7-8,13,15,18H,5-6,9-12H2,1-2H3. The van der Waals surface area contributed by atoms with Crippen LogP contribution in [-0.2, 0) is 11.3 Å². The van der Waals surface area contributed by atoms with Crippen molar-refractivity contribution >= 4 is 5.78 Å². The molecule has 0 amide bonds. The van der Waals surface area contributed by atoms with Crippen LogP contribution in [0.1, 0.15) is 56.6 Å². The third-order valence-electron chi connectivity index (χ3n) is 4.07. The van der Waals surface area contributed by atoms with Crippen molar-refractivity contribution < 1.29 is 4.79 Å². The van der Waals surface area contributed by atoms with Crippen molar-refractivity contribution in [3.8, 4) is 0 Å². The first kappa shape index (κ1) is 14.3. The molecular weight excluding hydrogens is 234 g/mol. The summed E-state index contributed by atoms with van der Waals surface area (Å²) in [6.07, 6.45) is 3.71. The van der Waals surface area contributed by atoms with Crippen molar-refractivity contribution in [3.05, 3.63) is 35.4 Å². The molecule has 0 saturated heterocycles. The molecule has 104 valence electrons. The minimum atomic E-state index is 0.445. The van der Waals surface area contributed by atoms with Gasteiger partial charge in [-0.1, -0.05) is 38.1 Å². The number of carbonyl (C=O) groups is 1. The molecule has 0 aliphatic heterocycles. The summed E-state index contributed by atoms with van der Waals surface area (Å²) in [7, 11) is 0. The highest BCUT2D eigenvalue weighted by Gasteiger charge is 2.17. The summed E-state index contributed by atoms with van der Waals surface area (Å²) < 4.78 is 0. The van der Waals surface area contributed by atoms with Gasteiger partial charge in [-0.3, -0.25) is 4.79 Å². The van der Waals surface area contributed by atoms with Crippen LogP contribution in [0.5, 0.6) is 0 Å². The van der Waals surface area contributed by atoms with Gasteiger partial charge in [0.05, 0.1) is 0 Å². The lowest BCUT2D eigenvalue weighted by Crippen LogP contribution is -2.26. The molecule has 0 atom stereocenters. The van der Waals surface area contributed by atoms with Crippen LogP contribution in [0.4, 0.5) is 0 Å². The molecule has 0 unspecified atom stereocenters. The predicted octanol–water partition coefficient (Wildman–Crippen LogP) is 3.66. The summed E-state index contributed by atoms with van der Waals surface area (Å²) in [6, 6.07) is 8.88. The van der Waals surface area contributed by atoms with Gasteiger partial charge in [-0.2, -0.15) is 0 Å². The summed E-state index contributed by atoms with van der Waals surface area (Å²) in [5, 5.41) is 3.52. The molecule has 1 saturated carbocycles. The summed E-state index contributed by atoms with van der Waals surface area (Å²) >= 11 is 0. The van der Waals surface area contributed by atoms with Crippen LogP contribution in [0.3, 0.4) is 0 Å². The molecule has 1 aromatic carbocycles. The number of carbonyl (C=O) groups excluding carboxylic acids is 1. The molecule has 2 rings (SSSR count). The number of ketones is 1. The zero-order valence-corrected chi connectivity index (χ0v) is 12.1. The molecule has 0 radical (unpaired) electrons. The highest BCUT2D eigenvalue weighted by molar-refractivity contribution is 5.79. The van der Waals surface area contributed by atoms with E-state index in [0.717, 1.165) is 38.8 Å². The Balaban J connectivity index is 1.72. The Labute approximate surface area is 116 Å². The van der Waals surface area contributed by atoms with Crippen molar-refractivity contribution in [1.82, 2.24) is 5.32 Å². The van der Waals surface area contributed by atoms with E-state index in [9.17, 15) is 4.79 Å². The molecule has 1 aromatic rings. The lowest BCUT2D eigenvalue weighted by Gasteiger charge is -2.21. The van der Waals surface area contributed by atoms with Crippen LogP contribution in [-0.4, -0.2) is 12.3 Å². The van der Waals surface area contributed by atoms with Gasteiger partial charge in [-0.15, -0.1) is 0 Å². The summed E-state index contributed by atoms with van der Waals surface area (Å²) in [4.78, 5) is 11.2. The zero-order chi connectivity index (χ0) is 13.7. The maximum absolute atomic E-state index is 11.2.